The predicted molar refractivity (Wildman–Crippen MR) is 87.7 cm³/mol. The lowest BCUT2D eigenvalue weighted by molar-refractivity contribution is -0.118. The Kier molecular flexibility index (Phi) is 5.11. The van der Waals surface area contributed by atoms with Gasteiger partial charge in [-0.25, -0.2) is 9.78 Å². The molecule has 0 unspecified atom stereocenters. The Morgan fingerprint density at radius 1 is 1.41 bits per heavy atom. The number of aromatic nitrogens is 1. The van der Waals surface area contributed by atoms with Crippen LogP contribution in [0.1, 0.15) is 18.4 Å². The van der Waals surface area contributed by atoms with Crippen LogP contribution in [0.4, 0.5) is 10.5 Å². The summed E-state index contributed by atoms with van der Waals surface area (Å²) in [4.78, 5) is 27.5. The number of thiazole rings is 1. The number of nitrogens with two attached hydrogens (primary N) is 1. The van der Waals surface area contributed by atoms with Crippen molar-refractivity contribution in [3.8, 4) is 11.3 Å². The van der Waals surface area contributed by atoms with Gasteiger partial charge in [0, 0.05) is 16.6 Å². The quantitative estimate of drug-likeness (QED) is 0.790. The summed E-state index contributed by atoms with van der Waals surface area (Å²) < 4.78 is 0. The molecule has 0 aliphatic rings. The van der Waals surface area contributed by atoms with E-state index in [2.05, 4.69) is 15.6 Å². The van der Waals surface area contributed by atoms with Gasteiger partial charge >= 0.3 is 6.03 Å². The lowest BCUT2D eigenvalue weighted by atomic mass is 10.1. The molecule has 0 radical (unpaired) electrons. The van der Waals surface area contributed by atoms with Crippen LogP contribution < -0.4 is 16.4 Å². The first-order valence-corrected chi connectivity index (χ1v) is 7.77. The molecule has 4 N–H and O–H groups in total. The van der Waals surface area contributed by atoms with E-state index in [-0.39, 0.29) is 5.91 Å². The van der Waals surface area contributed by atoms with E-state index in [9.17, 15) is 9.59 Å². The van der Waals surface area contributed by atoms with E-state index in [0.29, 0.717) is 12.1 Å². The lowest BCUT2D eigenvalue weighted by Gasteiger charge is -2.15. The highest BCUT2D eigenvalue weighted by atomic mass is 32.1. The molecule has 7 heteroatoms. The SMILES string of the molecule is CC[C@@H](NC(N)=O)C(=O)Nc1cccc(-c2csc(C)n2)c1. The van der Waals surface area contributed by atoms with E-state index in [4.69, 9.17) is 5.73 Å². The number of carbonyl (C=O) groups is 2. The number of nitrogens with zero attached hydrogens (tertiary/aromatic N) is 1. The molecule has 0 aliphatic carbocycles. The van der Waals surface area contributed by atoms with Gasteiger partial charge in [-0.3, -0.25) is 4.79 Å². The van der Waals surface area contributed by atoms with Crippen LogP contribution in [0.5, 0.6) is 0 Å². The molecule has 0 saturated carbocycles. The van der Waals surface area contributed by atoms with Crippen molar-refractivity contribution in [2.75, 3.05) is 5.32 Å². The van der Waals surface area contributed by atoms with Gasteiger partial charge in [0.15, 0.2) is 0 Å². The highest BCUT2D eigenvalue weighted by Crippen LogP contribution is 2.24. The number of benzene rings is 1. The summed E-state index contributed by atoms with van der Waals surface area (Å²) in [6.45, 7) is 3.75. The fourth-order valence-corrected chi connectivity index (χ4v) is 2.63. The molecule has 1 heterocycles. The zero-order valence-electron chi connectivity index (χ0n) is 12.4. The second-order valence-corrected chi connectivity index (χ2v) is 5.85. The van der Waals surface area contributed by atoms with E-state index in [1.54, 1.807) is 24.3 Å². The van der Waals surface area contributed by atoms with Gasteiger partial charge in [-0.05, 0) is 25.5 Å². The van der Waals surface area contributed by atoms with Crippen molar-refractivity contribution in [2.24, 2.45) is 5.73 Å². The molecule has 1 aromatic heterocycles. The van der Waals surface area contributed by atoms with E-state index in [1.807, 2.05) is 30.5 Å². The maximum Gasteiger partial charge on any atom is 0.312 e. The third kappa shape index (κ3) is 4.05. The summed E-state index contributed by atoms with van der Waals surface area (Å²) in [5.74, 6) is -0.298. The van der Waals surface area contributed by atoms with Crippen LogP contribution in [0, 0.1) is 6.92 Å². The van der Waals surface area contributed by atoms with E-state index >= 15 is 0 Å². The number of urea groups is 1. The van der Waals surface area contributed by atoms with Gasteiger partial charge in [0.2, 0.25) is 5.91 Å². The van der Waals surface area contributed by atoms with Crippen molar-refractivity contribution in [2.45, 2.75) is 26.3 Å². The molecule has 0 fully saturated rings. The number of nitrogens with one attached hydrogen (secondary N) is 2. The third-order valence-corrected chi connectivity index (χ3v) is 3.86. The Balaban J connectivity index is 2.13. The molecule has 116 valence electrons. The minimum absolute atomic E-state index is 0.298. The van der Waals surface area contributed by atoms with Crippen LogP contribution in [0.3, 0.4) is 0 Å². The maximum atomic E-state index is 12.1. The predicted octanol–water partition coefficient (Wildman–Crippen LogP) is 2.50. The molecule has 1 atom stereocenters. The molecule has 0 bridgehead atoms. The molecule has 3 amide bonds. The topological polar surface area (TPSA) is 97.1 Å². The van der Waals surface area contributed by atoms with Gasteiger partial charge in [-0.1, -0.05) is 19.1 Å². The molecule has 1 aromatic carbocycles. The fourth-order valence-electron chi connectivity index (χ4n) is 2.01. The van der Waals surface area contributed by atoms with Crippen LogP contribution in [0.25, 0.3) is 11.3 Å². The molecule has 0 saturated heterocycles. The number of hydrogen-bond acceptors (Lipinski definition) is 4. The number of anilines is 1. The normalized spacial score (nSPS) is 11.7. The van der Waals surface area contributed by atoms with Crippen molar-refractivity contribution in [1.29, 1.82) is 0 Å². The standard InChI is InChI=1S/C15H18N4O2S/c1-3-12(19-15(16)21)14(20)18-11-6-4-5-10(7-11)13-8-22-9(2)17-13/h4-8,12H,3H2,1-2H3,(H,18,20)(H3,16,19,21)/t12-/m1/s1. The second kappa shape index (κ2) is 7.04. The van der Waals surface area contributed by atoms with E-state index in [1.165, 1.54) is 0 Å². The van der Waals surface area contributed by atoms with Crippen molar-refractivity contribution in [3.63, 3.8) is 0 Å². The summed E-state index contributed by atoms with van der Waals surface area (Å²) in [6.07, 6.45) is 0.458. The van der Waals surface area contributed by atoms with Crippen LogP contribution >= 0.6 is 11.3 Å². The van der Waals surface area contributed by atoms with Gasteiger partial charge in [0.05, 0.1) is 10.7 Å². The Morgan fingerprint density at radius 3 is 2.77 bits per heavy atom. The highest BCUT2D eigenvalue weighted by molar-refractivity contribution is 7.09. The first-order valence-electron chi connectivity index (χ1n) is 6.89. The Hall–Kier alpha value is -2.41. The lowest BCUT2D eigenvalue weighted by Crippen LogP contribution is -2.45. The molecule has 22 heavy (non-hydrogen) atoms. The van der Waals surface area contributed by atoms with Gasteiger partial charge < -0.3 is 16.4 Å². The highest BCUT2D eigenvalue weighted by Gasteiger charge is 2.17. The Labute approximate surface area is 132 Å². The molecular formula is C15H18N4O2S. The van der Waals surface area contributed by atoms with Crippen molar-refractivity contribution >= 4 is 29.0 Å². The van der Waals surface area contributed by atoms with Crippen LogP contribution in [-0.4, -0.2) is 23.0 Å². The molecule has 2 rings (SSSR count). The summed E-state index contributed by atoms with van der Waals surface area (Å²) >= 11 is 1.57. The first-order chi connectivity index (χ1) is 10.5. The van der Waals surface area contributed by atoms with Crippen LogP contribution in [-0.2, 0) is 4.79 Å². The largest absolute Gasteiger partial charge is 0.352 e. The van der Waals surface area contributed by atoms with Crippen molar-refractivity contribution in [1.82, 2.24) is 10.3 Å². The fraction of sp³-hybridized carbons (Fsp3) is 0.267. The first kappa shape index (κ1) is 16.0. The molecule has 0 spiro atoms. The number of primary amides is 1. The minimum Gasteiger partial charge on any atom is -0.352 e. The number of aryl methyl sites for hydroxylation is 1. The Morgan fingerprint density at radius 2 is 2.18 bits per heavy atom. The maximum absolute atomic E-state index is 12.1. The molecule has 2 aromatic rings. The van der Waals surface area contributed by atoms with Gasteiger partial charge in [0.25, 0.3) is 0 Å². The summed E-state index contributed by atoms with van der Waals surface area (Å²) in [5.41, 5.74) is 7.52. The second-order valence-electron chi connectivity index (χ2n) is 4.79. The number of rotatable bonds is 5. The summed E-state index contributed by atoms with van der Waals surface area (Å²) in [5, 5.41) is 8.16. The zero-order chi connectivity index (χ0) is 16.1. The van der Waals surface area contributed by atoms with Gasteiger partial charge in [0.1, 0.15) is 6.04 Å². The van der Waals surface area contributed by atoms with Gasteiger partial charge in [-0.15, -0.1) is 11.3 Å². The molecular weight excluding hydrogens is 300 g/mol. The average molecular weight is 318 g/mol. The number of carbonyl (C=O) groups excluding carboxylic acids is 2. The van der Waals surface area contributed by atoms with Crippen LogP contribution in [0.15, 0.2) is 29.6 Å². The number of amides is 3. The van der Waals surface area contributed by atoms with E-state index < -0.39 is 12.1 Å². The van der Waals surface area contributed by atoms with Crippen LogP contribution in [0.2, 0.25) is 0 Å². The zero-order valence-corrected chi connectivity index (χ0v) is 13.2. The van der Waals surface area contributed by atoms with Crippen molar-refractivity contribution in [3.05, 3.63) is 34.7 Å². The van der Waals surface area contributed by atoms with Crippen molar-refractivity contribution < 1.29 is 9.59 Å². The summed E-state index contributed by atoms with van der Waals surface area (Å²) in [7, 11) is 0. The monoisotopic (exact) mass is 318 g/mol. The smallest absolute Gasteiger partial charge is 0.312 e. The van der Waals surface area contributed by atoms with Gasteiger partial charge in [-0.2, -0.15) is 0 Å². The van der Waals surface area contributed by atoms with E-state index in [0.717, 1.165) is 16.3 Å². The number of hydrogen-bond donors (Lipinski definition) is 3. The summed E-state index contributed by atoms with van der Waals surface area (Å²) in [6, 6.07) is 6.06. The molecule has 6 nitrogen and oxygen atoms in total. The Bertz CT molecular complexity index is 684. The third-order valence-electron chi connectivity index (χ3n) is 3.09. The average Bonchev–Trinajstić information content (AvgIpc) is 2.91. The minimum atomic E-state index is -0.714. The molecule has 0 aliphatic heterocycles.